The molecule has 0 unspecified atom stereocenters. The van der Waals surface area contributed by atoms with Crippen molar-refractivity contribution in [3.05, 3.63) is 16.8 Å². The fourth-order valence-electron chi connectivity index (χ4n) is 2.87. The van der Waals surface area contributed by atoms with Gasteiger partial charge in [-0.25, -0.2) is 14.8 Å². The maximum Gasteiger partial charge on any atom is 0.326 e. The summed E-state index contributed by atoms with van der Waals surface area (Å²) in [6, 6.07) is -0.620. The van der Waals surface area contributed by atoms with Gasteiger partial charge in [-0.05, 0) is 30.7 Å². The first-order chi connectivity index (χ1) is 10.1. The summed E-state index contributed by atoms with van der Waals surface area (Å²) >= 11 is 1.71. The zero-order chi connectivity index (χ0) is 15.0. The van der Waals surface area contributed by atoms with Gasteiger partial charge < -0.3 is 10.4 Å². The number of carboxylic acid groups (broad SMARTS) is 1. The first kappa shape index (κ1) is 14.3. The Labute approximate surface area is 127 Å². The van der Waals surface area contributed by atoms with E-state index in [9.17, 15) is 9.90 Å². The summed E-state index contributed by atoms with van der Waals surface area (Å²) in [5.41, 5.74) is 1.31. The Kier molecular flexibility index (Phi) is 3.80. The molecule has 1 aliphatic rings. The van der Waals surface area contributed by atoms with Crippen LogP contribution in [-0.2, 0) is 17.6 Å². The highest BCUT2D eigenvalue weighted by Crippen LogP contribution is 2.39. The minimum Gasteiger partial charge on any atom is -0.480 e. The molecule has 2 aromatic rings. The molecule has 0 saturated carbocycles. The van der Waals surface area contributed by atoms with Gasteiger partial charge in [-0.15, -0.1) is 11.3 Å². The van der Waals surface area contributed by atoms with E-state index in [-0.39, 0.29) is 5.92 Å². The van der Waals surface area contributed by atoms with Crippen LogP contribution in [0.2, 0.25) is 0 Å². The number of anilines is 1. The average Bonchev–Trinajstić information content (AvgIpc) is 3.03. The molecule has 6 heteroatoms. The number of aromatic nitrogens is 2. The standard InChI is InChI=1S/C15H19N3O2S/c1-3-8(2)12(15(19)20)18-13-11-9-5-4-6-10(9)21-14(11)17-7-16-13/h7-8,12H,3-6H2,1-2H3,(H,19,20)(H,16,17,18)/t8-,12-/m1/s1. The van der Waals surface area contributed by atoms with Gasteiger partial charge in [0, 0.05) is 4.88 Å². The van der Waals surface area contributed by atoms with Crippen molar-refractivity contribution in [1.29, 1.82) is 0 Å². The number of carboxylic acids is 1. The summed E-state index contributed by atoms with van der Waals surface area (Å²) in [5.74, 6) is -0.116. The third-order valence-electron chi connectivity index (χ3n) is 4.27. The lowest BCUT2D eigenvalue weighted by molar-refractivity contribution is -0.139. The van der Waals surface area contributed by atoms with Gasteiger partial charge in [-0.1, -0.05) is 20.3 Å². The highest BCUT2D eigenvalue weighted by molar-refractivity contribution is 7.19. The fourth-order valence-corrected chi connectivity index (χ4v) is 4.10. The lowest BCUT2D eigenvalue weighted by atomic mass is 9.99. The normalized spacial score (nSPS) is 16.7. The molecule has 2 atom stereocenters. The van der Waals surface area contributed by atoms with Crippen molar-refractivity contribution in [1.82, 2.24) is 9.97 Å². The number of nitrogens with zero attached hydrogens (tertiary/aromatic N) is 2. The molecule has 3 rings (SSSR count). The molecule has 0 saturated heterocycles. The summed E-state index contributed by atoms with van der Waals surface area (Å²) in [6.07, 6.45) is 5.63. The smallest absolute Gasteiger partial charge is 0.326 e. The first-order valence-corrected chi connectivity index (χ1v) is 8.18. The highest BCUT2D eigenvalue weighted by atomic mass is 32.1. The monoisotopic (exact) mass is 305 g/mol. The van der Waals surface area contributed by atoms with Crippen LogP contribution in [0.3, 0.4) is 0 Å². The molecule has 0 spiro atoms. The number of thiophene rings is 1. The van der Waals surface area contributed by atoms with E-state index in [1.54, 1.807) is 11.3 Å². The van der Waals surface area contributed by atoms with Gasteiger partial charge in [0.15, 0.2) is 0 Å². The van der Waals surface area contributed by atoms with Crippen LogP contribution in [0.15, 0.2) is 6.33 Å². The van der Waals surface area contributed by atoms with Crippen LogP contribution in [0.1, 0.15) is 37.1 Å². The molecule has 5 nitrogen and oxygen atoms in total. The predicted octanol–water partition coefficient (Wildman–Crippen LogP) is 3.09. The average molecular weight is 305 g/mol. The zero-order valence-electron chi connectivity index (χ0n) is 12.2. The summed E-state index contributed by atoms with van der Waals surface area (Å²) in [7, 11) is 0. The van der Waals surface area contributed by atoms with E-state index in [1.165, 1.54) is 23.2 Å². The van der Waals surface area contributed by atoms with Crippen molar-refractivity contribution in [3.8, 4) is 0 Å². The van der Waals surface area contributed by atoms with Crippen LogP contribution in [0.25, 0.3) is 10.2 Å². The second kappa shape index (κ2) is 5.60. The molecular formula is C15H19N3O2S. The van der Waals surface area contributed by atoms with E-state index in [0.29, 0.717) is 5.82 Å². The number of rotatable bonds is 5. The van der Waals surface area contributed by atoms with Crippen LogP contribution in [0.4, 0.5) is 5.82 Å². The number of fused-ring (bicyclic) bond motifs is 3. The maximum absolute atomic E-state index is 11.5. The van der Waals surface area contributed by atoms with Gasteiger partial charge >= 0.3 is 5.97 Å². The van der Waals surface area contributed by atoms with Crippen LogP contribution in [0, 0.1) is 5.92 Å². The van der Waals surface area contributed by atoms with Gasteiger partial charge in [-0.2, -0.15) is 0 Å². The molecule has 0 amide bonds. The fraction of sp³-hybridized carbons (Fsp3) is 0.533. The Bertz CT molecular complexity index is 683. The Hall–Kier alpha value is -1.69. The number of nitrogens with one attached hydrogen (secondary N) is 1. The van der Waals surface area contributed by atoms with Crippen molar-refractivity contribution >= 4 is 33.3 Å². The molecule has 0 aromatic carbocycles. The zero-order valence-corrected chi connectivity index (χ0v) is 13.0. The Morgan fingerprint density at radius 3 is 3.00 bits per heavy atom. The number of aliphatic carboxylic acids is 1. The molecule has 2 heterocycles. The summed E-state index contributed by atoms with van der Waals surface area (Å²) in [5, 5.41) is 13.6. The van der Waals surface area contributed by atoms with Crippen molar-refractivity contribution in [2.45, 2.75) is 45.6 Å². The van der Waals surface area contributed by atoms with Crippen molar-refractivity contribution in [2.24, 2.45) is 5.92 Å². The molecule has 0 bridgehead atoms. The third-order valence-corrected chi connectivity index (χ3v) is 5.47. The van der Waals surface area contributed by atoms with Gasteiger partial charge in [0.1, 0.15) is 23.0 Å². The number of aryl methyl sites for hydroxylation is 2. The van der Waals surface area contributed by atoms with Crippen LogP contribution in [-0.4, -0.2) is 27.1 Å². The van der Waals surface area contributed by atoms with Gasteiger partial charge in [-0.3, -0.25) is 0 Å². The van der Waals surface area contributed by atoms with Crippen LogP contribution >= 0.6 is 11.3 Å². The van der Waals surface area contributed by atoms with Crippen LogP contribution < -0.4 is 5.32 Å². The van der Waals surface area contributed by atoms with E-state index in [4.69, 9.17) is 0 Å². The Balaban J connectivity index is 2.02. The molecule has 112 valence electrons. The molecule has 2 N–H and O–H groups in total. The molecule has 21 heavy (non-hydrogen) atoms. The van der Waals surface area contributed by atoms with Gasteiger partial charge in [0.05, 0.1) is 5.39 Å². The molecule has 0 fully saturated rings. The number of carbonyl (C=O) groups is 1. The molecule has 2 aromatic heterocycles. The molecule has 0 radical (unpaired) electrons. The third kappa shape index (κ3) is 2.48. The van der Waals surface area contributed by atoms with E-state index in [2.05, 4.69) is 15.3 Å². The molecule has 0 aliphatic heterocycles. The minimum atomic E-state index is -0.831. The first-order valence-electron chi connectivity index (χ1n) is 7.36. The van der Waals surface area contributed by atoms with E-state index < -0.39 is 12.0 Å². The Morgan fingerprint density at radius 2 is 2.29 bits per heavy atom. The van der Waals surface area contributed by atoms with Crippen molar-refractivity contribution in [2.75, 3.05) is 5.32 Å². The highest BCUT2D eigenvalue weighted by Gasteiger charge is 2.27. The summed E-state index contributed by atoms with van der Waals surface area (Å²) in [4.78, 5) is 22.5. The van der Waals surface area contributed by atoms with Crippen LogP contribution in [0.5, 0.6) is 0 Å². The van der Waals surface area contributed by atoms with Crippen molar-refractivity contribution in [3.63, 3.8) is 0 Å². The Morgan fingerprint density at radius 1 is 1.48 bits per heavy atom. The van der Waals surface area contributed by atoms with E-state index in [0.717, 1.165) is 29.5 Å². The number of hydrogen-bond donors (Lipinski definition) is 2. The van der Waals surface area contributed by atoms with Gasteiger partial charge in [0.25, 0.3) is 0 Å². The topological polar surface area (TPSA) is 75.1 Å². The SMILES string of the molecule is CC[C@@H](C)[C@@H](Nc1ncnc2sc3c(c12)CCC3)C(=O)O. The maximum atomic E-state index is 11.5. The van der Waals surface area contributed by atoms with E-state index in [1.807, 2.05) is 13.8 Å². The molecule has 1 aliphatic carbocycles. The number of hydrogen-bond acceptors (Lipinski definition) is 5. The summed E-state index contributed by atoms with van der Waals surface area (Å²) < 4.78 is 0. The lowest BCUT2D eigenvalue weighted by Gasteiger charge is -2.21. The van der Waals surface area contributed by atoms with Gasteiger partial charge in [0.2, 0.25) is 0 Å². The van der Waals surface area contributed by atoms with E-state index >= 15 is 0 Å². The molecular weight excluding hydrogens is 286 g/mol. The largest absolute Gasteiger partial charge is 0.480 e. The quantitative estimate of drug-likeness (QED) is 0.888. The lowest BCUT2D eigenvalue weighted by Crippen LogP contribution is -2.35. The van der Waals surface area contributed by atoms with Crippen molar-refractivity contribution < 1.29 is 9.90 Å². The predicted molar refractivity (Wildman–Crippen MR) is 83.9 cm³/mol. The minimum absolute atomic E-state index is 0.0409. The second-order valence-corrected chi connectivity index (χ2v) is 6.69. The summed E-state index contributed by atoms with van der Waals surface area (Å²) in [6.45, 7) is 3.95. The second-order valence-electron chi connectivity index (χ2n) is 5.61.